The van der Waals surface area contributed by atoms with Gasteiger partial charge in [0.1, 0.15) is 23.0 Å². The highest BCUT2D eigenvalue weighted by atomic mass is 32.2. The van der Waals surface area contributed by atoms with Gasteiger partial charge in [-0.2, -0.15) is 8.78 Å². The number of rotatable bonds is 5. The fourth-order valence-electron chi connectivity index (χ4n) is 3.86. The van der Waals surface area contributed by atoms with Crippen LogP contribution in [0.3, 0.4) is 0 Å². The Hall–Kier alpha value is -3.08. The average molecular weight is 464 g/mol. The van der Waals surface area contributed by atoms with E-state index in [2.05, 4.69) is 15.3 Å². The summed E-state index contributed by atoms with van der Waals surface area (Å²) in [7, 11) is 0.136. The van der Waals surface area contributed by atoms with Crippen LogP contribution in [0, 0.1) is 0 Å². The summed E-state index contributed by atoms with van der Waals surface area (Å²) < 4.78 is 58.1. The molecular formula is C21H22F2N4O4S. The monoisotopic (exact) mass is 464 g/mol. The number of imidazole rings is 1. The molecule has 0 saturated carbocycles. The van der Waals surface area contributed by atoms with Crippen LogP contribution >= 0.6 is 0 Å². The van der Waals surface area contributed by atoms with Gasteiger partial charge in [0.05, 0.1) is 35.3 Å². The lowest BCUT2D eigenvalue weighted by atomic mass is 10.1. The van der Waals surface area contributed by atoms with Crippen LogP contribution in [-0.4, -0.2) is 47.5 Å². The van der Waals surface area contributed by atoms with Crippen molar-refractivity contribution in [2.75, 3.05) is 23.9 Å². The number of hydrogen-bond donors (Lipinski definition) is 1. The Morgan fingerprint density at radius 1 is 1.28 bits per heavy atom. The highest BCUT2D eigenvalue weighted by Crippen LogP contribution is 2.35. The maximum atomic E-state index is 13.6. The van der Waals surface area contributed by atoms with E-state index in [9.17, 15) is 22.0 Å². The molecule has 1 aliphatic heterocycles. The normalized spacial score (nSPS) is 18.1. The minimum absolute atomic E-state index is 0.0506. The molecule has 3 heterocycles. The number of nitrogens with zero attached hydrogens (tertiary/aromatic N) is 3. The van der Waals surface area contributed by atoms with E-state index in [0.29, 0.717) is 41.6 Å². The lowest BCUT2D eigenvalue weighted by Crippen LogP contribution is -2.18. The molecule has 1 aliphatic rings. The van der Waals surface area contributed by atoms with Crippen LogP contribution < -0.4 is 10.1 Å². The van der Waals surface area contributed by atoms with E-state index in [-0.39, 0.29) is 23.1 Å². The van der Waals surface area contributed by atoms with Gasteiger partial charge in [-0.05, 0) is 24.6 Å². The van der Waals surface area contributed by atoms with Gasteiger partial charge in [-0.25, -0.2) is 18.4 Å². The summed E-state index contributed by atoms with van der Waals surface area (Å²) in [4.78, 5) is 21.1. The fourth-order valence-corrected chi connectivity index (χ4v) is 5.60. The van der Waals surface area contributed by atoms with Crippen LogP contribution in [0.25, 0.3) is 11.0 Å². The molecule has 1 saturated heterocycles. The summed E-state index contributed by atoms with van der Waals surface area (Å²) in [5.41, 5.74) is 0.909. The summed E-state index contributed by atoms with van der Waals surface area (Å²) in [5.74, 6) is -2.89. The number of ether oxygens (including phenoxy) is 1. The Kier molecular flexibility index (Phi) is 5.40. The molecule has 1 atom stereocenters. The number of carbonyl (C=O) groups is 1. The molecule has 0 bridgehead atoms. The molecule has 8 nitrogen and oxygen atoms in total. The summed E-state index contributed by atoms with van der Waals surface area (Å²) in [6.07, 6.45) is 0.504. The molecule has 1 amide bonds. The first-order valence-electron chi connectivity index (χ1n) is 9.90. The van der Waals surface area contributed by atoms with Crippen molar-refractivity contribution in [3.8, 4) is 5.75 Å². The number of pyridine rings is 1. The number of aromatic nitrogens is 3. The van der Waals surface area contributed by atoms with E-state index in [1.807, 2.05) is 0 Å². The van der Waals surface area contributed by atoms with Gasteiger partial charge in [0.25, 0.3) is 11.8 Å². The number of aryl methyl sites for hydroxylation is 1. The van der Waals surface area contributed by atoms with Gasteiger partial charge in [-0.1, -0.05) is 6.07 Å². The first-order valence-corrected chi connectivity index (χ1v) is 11.7. The zero-order valence-electron chi connectivity index (χ0n) is 17.7. The molecule has 0 spiro atoms. The van der Waals surface area contributed by atoms with Crippen molar-refractivity contribution in [3.63, 3.8) is 0 Å². The zero-order chi connectivity index (χ0) is 23.3. The Balaban J connectivity index is 1.68. The minimum atomic E-state index is -3.17. The van der Waals surface area contributed by atoms with Crippen LogP contribution in [-0.2, 0) is 22.8 Å². The van der Waals surface area contributed by atoms with Gasteiger partial charge in [0.2, 0.25) is 0 Å². The fraction of sp³-hybridized carbons (Fsp3) is 0.381. The first kappa shape index (κ1) is 22.1. The Bertz CT molecular complexity index is 1320. The quantitative estimate of drug-likeness (QED) is 0.622. The number of amides is 1. The number of sulfone groups is 1. The summed E-state index contributed by atoms with van der Waals surface area (Å²) >= 11 is 0. The van der Waals surface area contributed by atoms with E-state index >= 15 is 0 Å². The third-order valence-electron chi connectivity index (χ3n) is 5.51. The predicted molar refractivity (Wildman–Crippen MR) is 115 cm³/mol. The third kappa shape index (κ3) is 4.16. The van der Waals surface area contributed by atoms with E-state index < -0.39 is 27.4 Å². The van der Waals surface area contributed by atoms with Gasteiger partial charge in [-0.15, -0.1) is 0 Å². The third-order valence-corrected chi connectivity index (χ3v) is 7.28. The molecule has 32 heavy (non-hydrogen) atoms. The zero-order valence-corrected chi connectivity index (χ0v) is 18.5. The predicted octanol–water partition coefficient (Wildman–Crippen LogP) is 3.24. The molecular weight excluding hydrogens is 442 g/mol. The molecule has 11 heteroatoms. The smallest absolute Gasteiger partial charge is 0.287 e. The maximum Gasteiger partial charge on any atom is 0.287 e. The van der Waals surface area contributed by atoms with Gasteiger partial charge in [0, 0.05) is 26.0 Å². The van der Waals surface area contributed by atoms with E-state index in [4.69, 9.17) is 4.74 Å². The number of fused-ring (bicyclic) bond motifs is 1. The molecule has 4 rings (SSSR count). The molecule has 2 aromatic heterocycles. The summed E-state index contributed by atoms with van der Waals surface area (Å²) in [6, 6.07) is 7.15. The van der Waals surface area contributed by atoms with Crippen LogP contribution in [0.5, 0.6) is 5.75 Å². The van der Waals surface area contributed by atoms with Crippen molar-refractivity contribution in [3.05, 3.63) is 47.5 Å². The Morgan fingerprint density at radius 3 is 2.66 bits per heavy atom. The number of hydrogen-bond acceptors (Lipinski definition) is 6. The largest absolute Gasteiger partial charge is 0.494 e. The summed E-state index contributed by atoms with van der Waals surface area (Å²) in [5, 5.41) is 2.66. The summed E-state index contributed by atoms with van der Waals surface area (Å²) in [6.45, 7) is 0.712. The lowest BCUT2D eigenvalue weighted by molar-refractivity contribution is 0.0126. The second kappa shape index (κ2) is 7.80. The molecule has 1 N–H and O–H groups in total. The Morgan fingerprint density at radius 2 is 2.03 bits per heavy atom. The molecule has 170 valence electrons. The van der Waals surface area contributed by atoms with Gasteiger partial charge < -0.3 is 14.6 Å². The van der Waals surface area contributed by atoms with Crippen LogP contribution in [0.1, 0.15) is 41.3 Å². The number of nitrogens with one attached hydrogen (secondary N) is 1. The minimum Gasteiger partial charge on any atom is -0.494 e. The molecule has 0 radical (unpaired) electrons. The van der Waals surface area contributed by atoms with Crippen molar-refractivity contribution in [1.29, 1.82) is 0 Å². The number of alkyl halides is 2. The Labute approximate surface area is 183 Å². The number of methoxy groups -OCH3 is 1. The molecule has 1 unspecified atom stereocenters. The SMILES string of the molecule is COc1cc2nc(C3CCS(=O)(=O)C3)n(C)c2cc1NC(=O)c1cccc(C(C)(F)F)n1. The van der Waals surface area contributed by atoms with Crippen LogP contribution in [0.15, 0.2) is 30.3 Å². The van der Waals surface area contributed by atoms with Crippen molar-refractivity contribution >= 4 is 32.5 Å². The second-order valence-electron chi connectivity index (χ2n) is 7.92. The first-order chi connectivity index (χ1) is 15.0. The molecule has 0 aliphatic carbocycles. The van der Waals surface area contributed by atoms with E-state index in [0.717, 1.165) is 6.07 Å². The van der Waals surface area contributed by atoms with E-state index in [1.54, 1.807) is 23.7 Å². The molecule has 1 aromatic carbocycles. The molecule has 3 aromatic rings. The number of carbonyl (C=O) groups excluding carboxylic acids is 1. The number of halogens is 2. The van der Waals surface area contributed by atoms with Gasteiger partial charge in [-0.3, -0.25) is 4.79 Å². The van der Waals surface area contributed by atoms with Gasteiger partial charge in [0.15, 0.2) is 9.84 Å². The second-order valence-corrected chi connectivity index (χ2v) is 10.1. The van der Waals surface area contributed by atoms with Gasteiger partial charge >= 0.3 is 0 Å². The van der Waals surface area contributed by atoms with Crippen molar-refractivity contribution in [2.45, 2.75) is 25.2 Å². The number of anilines is 1. The lowest BCUT2D eigenvalue weighted by Gasteiger charge is -2.13. The van der Waals surface area contributed by atoms with Crippen molar-refractivity contribution in [1.82, 2.24) is 14.5 Å². The van der Waals surface area contributed by atoms with Crippen molar-refractivity contribution in [2.24, 2.45) is 7.05 Å². The van der Waals surface area contributed by atoms with Crippen LogP contribution in [0.4, 0.5) is 14.5 Å². The molecule has 1 fully saturated rings. The standard InChI is InChI=1S/C21H22F2N4O4S/c1-21(22,23)18-6-4-5-13(24-18)20(28)26-15-9-16-14(10-17(15)31-3)25-19(27(16)2)12-7-8-32(29,30)11-12/h4-6,9-10,12H,7-8,11H2,1-3H3,(H,26,28). The van der Waals surface area contributed by atoms with E-state index in [1.165, 1.54) is 19.2 Å². The van der Waals surface area contributed by atoms with Crippen LogP contribution in [0.2, 0.25) is 0 Å². The maximum absolute atomic E-state index is 13.6. The topological polar surface area (TPSA) is 103 Å². The highest BCUT2D eigenvalue weighted by molar-refractivity contribution is 7.91. The average Bonchev–Trinajstić information content (AvgIpc) is 3.25. The highest BCUT2D eigenvalue weighted by Gasteiger charge is 2.32. The number of benzene rings is 1. The van der Waals surface area contributed by atoms with Crippen molar-refractivity contribution < 1.29 is 26.7 Å².